The van der Waals surface area contributed by atoms with Crippen molar-refractivity contribution in [3.8, 4) is 0 Å². The Balaban J connectivity index is 2.22. The molecule has 0 N–H and O–H groups in total. The first kappa shape index (κ1) is 14.6. The molecule has 2 aromatic rings. The number of hydrogen-bond donors (Lipinski definition) is 0. The molecule has 0 saturated carbocycles. The first-order valence-electron chi connectivity index (χ1n) is 6.60. The molecule has 2 aromatic carbocycles. The van der Waals surface area contributed by atoms with E-state index in [1.165, 1.54) is 23.1 Å². The molecule has 0 amide bonds. The van der Waals surface area contributed by atoms with Crippen LogP contribution in [0.15, 0.2) is 42.5 Å². The molecule has 0 fully saturated rings. The summed E-state index contributed by atoms with van der Waals surface area (Å²) in [5.41, 5.74) is 4.97. The van der Waals surface area contributed by atoms with E-state index in [-0.39, 0.29) is 4.83 Å². The van der Waals surface area contributed by atoms with Gasteiger partial charge in [0.1, 0.15) is 0 Å². The molecule has 2 heteroatoms. The van der Waals surface area contributed by atoms with Crippen molar-refractivity contribution in [3.63, 3.8) is 0 Å². The Bertz CT molecular complexity index is 546. The number of hydrogen-bond acceptors (Lipinski definition) is 0. The summed E-state index contributed by atoms with van der Waals surface area (Å²) in [5.74, 6) is 0. The van der Waals surface area contributed by atoms with Crippen LogP contribution in [0.2, 0.25) is 5.02 Å². The summed E-state index contributed by atoms with van der Waals surface area (Å²) >= 11 is 9.95. The second-order valence-corrected chi connectivity index (χ2v) is 6.19. The lowest BCUT2D eigenvalue weighted by Crippen LogP contribution is -1.94. The first-order chi connectivity index (χ1) is 9.11. The van der Waals surface area contributed by atoms with Gasteiger partial charge < -0.3 is 0 Å². The van der Waals surface area contributed by atoms with Gasteiger partial charge >= 0.3 is 0 Å². The molecule has 1 atom stereocenters. The van der Waals surface area contributed by atoms with Gasteiger partial charge in [0, 0.05) is 5.02 Å². The van der Waals surface area contributed by atoms with E-state index in [0.29, 0.717) is 0 Å². The minimum Gasteiger partial charge on any atom is -0.0840 e. The van der Waals surface area contributed by atoms with Crippen molar-refractivity contribution in [2.45, 2.75) is 31.5 Å². The van der Waals surface area contributed by atoms with Gasteiger partial charge in [-0.1, -0.05) is 77.3 Å². The van der Waals surface area contributed by atoms with Gasteiger partial charge in [-0.2, -0.15) is 0 Å². The van der Waals surface area contributed by atoms with Crippen LogP contribution in [0.4, 0.5) is 0 Å². The second-order valence-electron chi connectivity index (χ2n) is 4.86. The molecule has 0 aliphatic rings. The van der Waals surface area contributed by atoms with Crippen LogP contribution < -0.4 is 0 Å². The predicted molar refractivity (Wildman–Crippen MR) is 87.4 cm³/mol. The van der Waals surface area contributed by atoms with Crippen LogP contribution in [0.25, 0.3) is 0 Å². The maximum absolute atomic E-state index is 6.19. The van der Waals surface area contributed by atoms with E-state index in [1.54, 1.807) is 0 Å². The Kier molecular flexibility index (Phi) is 5.06. The summed E-state index contributed by atoms with van der Waals surface area (Å²) in [6.45, 7) is 4.23. The molecule has 2 rings (SSSR count). The molecule has 0 aromatic heterocycles. The minimum atomic E-state index is 0.196. The van der Waals surface area contributed by atoms with Crippen LogP contribution in [-0.2, 0) is 6.42 Å². The molecule has 0 aliphatic heterocycles. The Morgan fingerprint density at radius 1 is 1.05 bits per heavy atom. The topological polar surface area (TPSA) is 0 Å². The van der Waals surface area contributed by atoms with Gasteiger partial charge in [-0.25, -0.2) is 0 Å². The number of halogens is 2. The standard InChI is InChI=1S/C17H18BrCl/c1-3-4-13-6-9-14(10-7-13)17(18)15-8-5-12(2)16(19)11-15/h5-11,17H,3-4H2,1-2H3. The SMILES string of the molecule is CCCc1ccc(C(Br)c2ccc(C)c(Cl)c2)cc1. The third kappa shape index (κ3) is 3.61. The van der Waals surface area contributed by atoms with E-state index in [1.807, 2.05) is 13.0 Å². The molecule has 0 radical (unpaired) electrons. The molecule has 0 bridgehead atoms. The second kappa shape index (κ2) is 6.58. The molecule has 1 unspecified atom stereocenters. The Morgan fingerprint density at radius 2 is 1.68 bits per heavy atom. The highest BCUT2D eigenvalue weighted by Gasteiger charge is 2.11. The molecule has 0 nitrogen and oxygen atoms in total. The zero-order chi connectivity index (χ0) is 13.8. The fourth-order valence-electron chi connectivity index (χ4n) is 2.10. The summed E-state index contributed by atoms with van der Waals surface area (Å²) in [7, 11) is 0. The average molecular weight is 338 g/mol. The van der Waals surface area contributed by atoms with Gasteiger partial charge in [-0.3, -0.25) is 0 Å². The largest absolute Gasteiger partial charge is 0.0840 e. The lowest BCUT2D eigenvalue weighted by Gasteiger charge is -2.12. The van der Waals surface area contributed by atoms with Gasteiger partial charge in [-0.15, -0.1) is 0 Å². The third-order valence-electron chi connectivity index (χ3n) is 3.30. The molecule has 0 heterocycles. The third-order valence-corrected chi connectivity index (χ3v) is 4.76. The van der Waals surface area contributed by atoms with Crippen LogP contribution in [0.1, 0.15) is 40.4 Å². The number of alkyl halides is 1. The average Bonchev–Trinajstić information content (AvgIpc) is 2.42. The van der Waals surface area contributed by atoms with Gasteiger partial charge in [0.25, 0.3) is 0 Å². The Labute approximate surface area is 128 Å². The van der Waals surface area contributed by atoms with Crippen LogP contribution in [0.5, 0.6) is 0 Å². The van der Waals surface area contributed by atoms with E-state index in [9.17, 15) is 0 Å². The number of rotatable bonds is 4. The van der Waals surface area contributed by atoms with Crippen molar-refractivity contribution in [1.82, 2.24) is 0 Å². The first-order valence-corrected chi connectivity index (χ1v) is 7.90. The van der Waals surface area contributed by atoms with E-state index in [4.69, 9.17) is 11.6 Å². The van der Waals surface area contributed by atoms with Crippen LogP contribution >= 0.6 is 27.5 Å². The van der Waals surface area contributed by atoms with E-state index < -0.39 is 0 Å². The van der Waals surface area contributed by atoms with Gasteiger partial charge in [0.2, 0.25) is 0 Å². The molecule has 0 aliphatic carbocycles. The molecule has 0 spiro atoms. The van der Waals surface area contributed by atoms with Crippen molar-refractivity contribution in [1.29, 1.82) is 0 Å². The zero-order valence-electron chi connectivity index (χ0n) is 11.3. The summed E-state index contributed by atoms with van der Waals surface area (Å²) in [6.07, 6.45) is 2.33. The Morgan fingerprint density at radius 3 is 2.26 bits per heavy atom. The van der Waals surface area contributed by atoms with Crippen molar-refractivity contribution in [2.24, 2.45) is 0 Å². The molecule has 19 heavy (non-hydrogen) atoms. The highest BCUT2D eigenvalue weighted by atomic mass is 79.9. The van der Waals surface area contributed by atoms with Crippen molar-refractivity contribution >= 4 is 27.5 Å². The van der Waals surface area contributed by atoms with Crippen molar-refractivity contribution < 1.29 is 0 Å². The van der Waals surface area contributed by atoms with Crippen LogP contribution in [0.3, 0.4) is 0 Å². The highest BCUT2D eigenvalue weighted by Crippen LogP contribution is 2.33. The molecule has 100 valence electrons. The summed E-state index contributed by atoms with van der Waals surface area (Å²) in [4.78, 5) is 0.196. The maximum Gasteiger partial charge on any atom is 0.0645 e. The summed E-state index contributed by atoms with van der Waals surface area (Å²) in [6, 6.07) is 15.0. The van der Waals surface area contributed by atoms with Crippen LogP contribution in [-0.4, -0.2) is 0 Å². The minimum absolute atomic E-state index is 0.196. The summed E-state index contributed by atoms with van der Waals surface area (Å²) < 4.78 is 0. The molecule has 0 saturated heterocycles. The van der Waals surface area contributed by atoms with Crippen molar-refractivity contribution in [3.05, 3.63) is 69.7 Å². The van der Waals surface area contributed by atoms with E-state index in [2.05, 4.69) is 59.3 Å². The fourth-order valence-corrected chi connectivity index (χ4v) is 2.88. The lowest BCUT2D eigenvalue weighted by atomic mass is 10.0. The monoisotopic (exact) mass is 336 g/mol. The lowest BCUT2D eigenvalue weighted by molar-refractivity contribution is 0.920. The highest BCUT2D eigenvalue weighted by molar-refractivity contribution is 9.09. The number of aryl methyl sites for hydroxylation is 2. The van der Waals surface area contributed by atoms with Crippen molar-refractivity contribution in [2.75, 3.05) is 0 Å². The predicted octanol–water partition coefficient (Wildman–Crippen LogP) is 6.09. The van der Waals surface area contributed by atoms with E-state index >= 15 is 0 Å². The van der Waals surface area contributed by atoms with Gasteiger partial charge in [0.05, 0.1) is 4.83 Å². The fraction of sp³-hybridized carbons (Fsp3) is 0.294. The van der Waals surface area contributed by atoms with E-state index in [0.717, 1.165) is 17.0 Å². The molecular weight excluding hydrogens is 320 g/mol. The Hall–Kier alpha value is -0.790. The smallest absolute Gasteiger partial charge is 0.0645 e. The quantitative estimate of drug-likeness (QED) is 0.593. The van der Waals surface area contributed by atoms with Crippen LogP contribution in [0, 0.1) is 6.92 Å². The normalized spacial score (nSPS) is 12.4. The summed E-state index contributed by atoms with van der Waals surface area (Å²) in [5, 5.41) is 0.824. The molecular formula is C17H18BrCl. The zero-order valence-corrected chi connectivity index (χ0v) is 13.6. The van der Waals surface area contributed by atoms with Gasteiger partial charge in [-0.05, 0) is 41.7 Å². The maximum atomic E-state index is 6.19. The van der Waals surface area contributed by atoms with Gasteiger partial charge in [0.15, 0.2) is 0 Å². The number of benzene rings is 2.